The minimum absolute atomic E-state index is 0.0722. The maximum absolute atomic E-state index is 13.4. The Bertz CT molecular complexity index is 1140. The predicted octanol–water partition coefficient (Wildman–Crippen LogP) is 3.55. The van der Waals surface area contributed by atoms with Crippen molar-refractivity contribution in [1.29, 1.82) is 0 Å². The molecule has 0 atom stereocenters. The summed E-state index contributed by atoms with van der Waals surface area (Å²) in [5, 5.41) is 0. The maximum Gasteiger partial charge on any atom is 0.416 e. The summed E-state index contributed by atoms with van der Waals surface area (Å²) < 4.78 is 52.6. The molecule has 0 saturated carbocycles. The number of benzene rings is 1. The van der Waals surface area contributed by atoms with Gasteiger partial charge in [-0.1, -0.05) is 12.1 Å². The Hall–Kier alpha value is -3.14. The second-order valence-electron chi connectivity index (χ2n) is 7.62. The summed E-state index contributed by atoms with van der Waals surface area (Å²) in [5.74, 6) is 0.259. The van der Waals surface area contributed by atoms with Crippen LogP contribution in [0.25, 0.3) is 5.65 Å². The van der Waals surface area contributed by atoms with E-state index >= 15 is 0 Å². The summed E-state index contributed by atoms with van der Waals surface area (Å²) in [6.45, 7) is 5.26. The molecule has 1 aliphatic heterocycles. The molecule has 1 saturated heterocycles. The average Bonchev–Trinajstić information content (AvgIpc) is 3.10. The Labute approximate surface area is 182 Å². The van der Waals surface area contributed by atoms with E-state index in [9.17, 15) is 18.0 Å². The first kappa shape index (κ1) is 22.1. The van der Waals surface area contributed by atoms with Crippen LogP contribution in [0, 0.1) is 6.92 Å². The fourth-order valence-corrected chi connectivity index (χ4v) is 3.83. The van der Waals surface area contributed by atoms with Crippen molar-refractivity contribution < 1.29 is 27.4 Å². The van der Waals surface area contributed by atoms with Crippen molar-refractivity contribution in [3.8, 4) is 0 Å². The van der Waals surface area contributed by atoms with Crippen LogP contribution in [-0.2, 0) is 33.5 Å². The molecule has 1 aliphatic rings. The number of esters is 1. The molecule has 0 unspecified atom stereocenters. The standard InChI is InChI=1S/C22H23F3N4O3/c1-14-16(4-3-5-17(14)22(23,24)25)10-19-18(13-32-15(2)30)27-20-11-26-21(12-29(19)20)28-6-8-31-9-7-28/h3-5,11-12H,6-10,13H2,1-2H3. The lowest BCUT2D eigenvalue weighted by Gasteiger charge is -2.27. The number of fused-ring (bicyclic) bond motifs is 1. The number of aromatic nitrogens is 3. The number of rotatable bonds is 5. The van der Waals surface area contributed by atoms with E-state index in [0.29, 0.717) is 48.9 Å². The smallest absolute Gasteiger partial charge is 0.416 e. The molecule has 2 aromatic heterocycles. The number of anilines is 1. The van der Waals surface area contributed by atoms with Gasteiger partial charge >= 0.3 is 12.1 Å². The van der Waals surface area contributed by atoms with Crippen LogP contribution in [0.4, 0.5) is 19.0 Å². The molecule has 7 nitrogen and oxygen atoms in total. The van der Waals surface area contributed by atoms with Gasteiger partial charge in [-0.15, -0.1) is 0 Å². The Balaban J connectivity index is 1.78. The highest BCUT2D eigenvalue weighted by atomic mass is 19.4. The number of carbonyl (C=O) groups is 1. The van der Waals surface area contributed by atoms with Gasteiger partial charge < -0.3 is 14.4 Å². The summed E-state index contributed by atoms with van der Waals surface area (Å²) in [7, 11) is 0. The van der Waals surface area contributed by atoms with Gasteiger partial charge in [-0.3, -0.25) is 9.20 Å². The van der Waals surface area contributed by atoms with Crippen LogP contribution in [0.15, 0.2) is 30.6 Å². The zero-order valence-corrected chi connectivity index (χ0v) is 17.8. The molecule has 0 amide bonds. The van der Waals surface area contributed by atoms with Crippen molar-refractivity contribution >= 4 is 17.4 Å². The second-order valence-corrected chi connectivity index (χ2v) is 7.62. The van der Waals surface area contributed by atoms with Crippen molar-refractivity contribution in [3.05, 3.63) is 58.7 Å². The van der Waals surface area contributed by atoms with Crippen LogP contribution in [0.3, 0.4) is 0 Å². The molecule has 1 fully saturated rings. The fourth-order valence-electron chi connectivity index (χ4n) is 3.83. The van der Waals surface area contributed by atoms with E-state index < -0.39 is 17.7 Å². The number of hydrogen-bond donors (Lipinski definition) is 0. The number of imidazole rings is 1. The highest BCUT2D eigenvalue weighted by Gasteiger charge is 2.33. The first-order valence-electron chi connectivity index (χ1n) is 10.2. The Morgan fingerprint density at radius 3 is 2.69 bits per heavy atom. The highest BCUT2D eigenvalue weighted by molar-refractivity contribution is 5.66. The second kappa shape index (κ2) is 8.78. The Morgan fingerprint density at radius 1 is 1.25 bits per heavy atom. The van der Waals surface area contributed by atoms with Crippen LogP contribution >= 0.6 is 0 Å². The molecule has 1 aromatic carbocycles. The van der Waals surface area contributed by atoms with Gasteiger partial charge in [-0.25, -0.2) is 9.97 Å². The third kappa shape index (κ3) is 4.55. The summed E-state index contributed by atoms with van der Waals surface area (Å²) in [5.41, 5.74) is 1.69. The number of morpholine rings is 1. The molecule has 32 heavy (non-hydrogen) atoms. The number of alkyl halides is 3. The Morgan fingerprint density at radius 2 is 2.00 bits per heavy atom. The van der Waals surface area contributed by atoms with Crippen LogP contribution in [0.5, 0.6) is 0 Å². The van der Waals surface area contributed by atoms with Crippen LogP contribution in [0.1, 0.15) is 35.0 Å². The van der Waals surface area contributed by atoms with Gasteiger partial charge in [0.2, 0.25) is 0 Å². The Kier molecular flexibility index (Phi) is 6.05. The normalized spacial score (nSPS) is 14.7. The molecule has 3 heterocycles. The van der Waals surface area contributed by atoms with Crippen LogP contribution in [-0.4, -0.2) is 46.6 Å². The van der Waals surface area contributed by atoms with Crippen molar-refractivity contribution in [2.24, 2.45) is 0 Å². The minimum atomic E-state index is -4.44. The molecule has 0 spiro atoms. The van der Waals surface area contributed by atoms with Crippen molar-refractivity contribution in [1.82, 2.24) is 14.4 Å². The van der Waals surface area contributed by atoms with Crippen LogP contribution in [0.2, 0.25) is 0 Å². The quantitative estimate of drug-likeness (QED) is 0.556. The van der Waals surface area contributed by atoms with Crippen molar-refractivity contribution in [2.45, 2.75) is 33.1 Å². The van der Waals surface area contributed by atoms with E-state index in [1.165, 1.54) is 19.9 Å². The summed E-state index contributed by atoms with van der Waals surface area (Å²) in [4.78, 5) is 22.4. The number of halogens is 3. The molecule has 0 N–H and O–H groups in total. The SMILES string of the molecule is CC(=O)OCc1nc2cnc(N3CCOCC3)cn2c1Cc1cccc(C(F)(F)F)c1C. The highest BCUT2D eigenvalue weighted by Crippen LogP contribution is 2.34. The molecule has 0 bridgehead atoms. The van der Waals surface area contributed by atoms with E-state index in [4.69, 9.17) is 9.47 Å². The van der Waals surface area contributed by atoms with E-state index in [1.54, 1.807) is 12.3 Å². The van der Waals surface area contributed by atoms with Gasteiger partial charge in [0.25, 0.3) is 0 Å². The topological polar surface area (TPSA) is 69.0 Å². The number of carbonyl (C=O) groups excluding carboxylic acids is 1. The third-order valence-corrected chi connectivity index (χ3v) is 5.53. The zero-order chi connectivity index (χ0) is 22.9. The first-order chi connectivity index (χ1) is 15.2. The fraction of sp³-hybridized carbons (Fsp3) is 0.409. The molecule has 170 valence electrons. The molecule has 0 aliphatic carbocycles. The van der Waals surface area contributed by atoms with E-state index in [2.05, 4.69) is 14.9 Å². The van der Waals surface area contributed by atoms with E-state index in [0.717, 1.165) is 11.9 Å². The molecule has 0 radical (unpaired) electrons. The minimum Gasteiger partial charge on any atom is -0.459 e. The maximum atomic E-state index is 13.4. The molecular weight excluding hydrogens is 425 g/mol. The summed E-state index contributed by atoms with van der Waals surface area (Å²) in [6, 6.07) is 4.15. The predicted molar refractivity (Wildman–Crippen MR) is 110 cm³/mol. The summed E-state index contributed by atoms with van der Waals surface area (Å²) >= 11 is 0. The number of ether oxygens (including phenoxy) is 2. The largest absolute Gasteiger partial charge is 0.459 e. The van der Waals surface area contributed by atoms with Gasteiger partial charge in [-0.2, -0.15) is 13.2 Å². The van der Waals surface area contributed by atoms with Gasteiger partial charge in [-0.05, 0) is 24.1 Å². The van der Waals surface area contributed by atoms with Crippen molar-refractivity contribution in [3.63, 3.8) is 0 Å². The number of nitrogens with zero attached hydrogens (tertiary/aromatic N) is 4. The molecular formula is C22H23F3N4O3. The lowest BCUT2D eigenvalue weighted by atomic mass is 9.98. The molecule has 3 aromatic rings. The van der Waals surface area contributed by atoms with Gasteiger partial charge in [0.1, 0.15) is 18.1 Å². The van der Waals surface area contributed by atoms with Crippen LogP contribution < -0.4 is 4.90 Å². The molecule has 10 heteroatoms. The van der Waals surface area contributed by atoms with E-state index in [1.807, 2.05) is 10.6 Å². The van der Waals surface area contributed by atoms with Gasteiger partial charge in [0.05, 0.1) is 36.9 Å². The van der Waals surface area contributed by atoms with Crippen molar-refractivity contribution in [2.75, 3.05) is 31.2 Å². The van der Waals surface area contributed by atoms with Gasteiger partial charge in [0.15, 0.2) is 5.65 Å². The number of hydrogen-bond acceptors (Lipinski definition) is 6. The van der Waals surface area contributed by atoms with Gasteiger partial charge in [0, 0.05) is 26.4 Å². The first-order valence-corrected chi connectivity index (χ1v) is 10.2. The average molecular weight is 448 g/mol. The lowest BCUT2D eigenvalue weighted by Crippen LogP contribution is -2.36. The van der Waals surface area contributed by atoms with E-state index in [-0.39, 0.29) is 18.6 Å². The summed E-state index contributed by atoms with van der Waals surface area (Å²) in [6.07, 6.45) is -0.804. The monoisotopic (exact) mass is 448 g/mol. The zero-order valence-electron chi connectivity index (χ0n) is 17.8. The lowest BCUT2D eigenvalue weighted by molar-refractivity contribution is -0.142. The molecule has 4 rings (SSSR count). The third-order valence-electron chi connectivity index (χ3n) is 5.53.